The maximum Gasteiger partial charge on any atom is 0.122 e. The molecule has 102 valence electrons. The lowest BCUT2D eigenvalue weighted by atomic mass is 10.0. The van der Waals surface area contributed by atoms with E-state index < -0.39 is 0 Å². The standard InChI is InChI=1S/C15H26N2O/c1-11(2)13-10-12(6-7-14(13)18-5)17-9-8-15(3,4)16/h6-7,10-11,17H,8-9,16H2,1-5H3. The van der Waals surface area contributed by atoms with Gasteiger partial charge in [0, 0.05) is 17.8 Å². The molecule has 18 heavy (non-hydrogen) atoms. The third kappa shape index (κ3) is 4.57. The van der Waals surface area contributed by atoms with E-state index in [1.54, 1.807) is 7.11 Å². The summed E-state index contributed by atoms with van der Waals surface area (Å²) in [5, 5.41) is 3.41. The van der Waals surface area contributed by atoms with Crippen LogP contribution in [0.4, 0.5) is 5.69 Å². The first-order valence-electron chi connectivity index (χ1n) is 6.54. The van der Waals surface area contributed by atoms with Gasteiger partial charge in [0.1, 0.15) is 5.75 Å². The fourth-order valence-electron chi connectivity index (χ4n) is 1.82. The average Bonchev–Trinajstić information content (AvgIpc) is 2.27. The molecule has 0 aliphatic rings. The second-order valence-electron chi connectivity index (χ2n) is 5.78. The lowest BCUT2D eigenvalue weighted by Gasteiger charge is -2.19. The third-order valence-electron chi connectivity index (χ3n) is 2.95. The Morgan fingerprint density at radius 1 is 1.33 bits per heavy atom. The van der Waals surface area contributed by atoms with Gasteiger partial charge in [-0.25, -0.2) is 0 Å². The van der Waals surface area contributed by atoms with Gasteiger partial charge >= 0.3 is 0 Å². The molecule has 0 aromatic heterocycles. The molecule has 1 rings (SSSR count). The minimum atomic E-state index is -0.125. The Balaban J connectivity index is 2.70. The molecule has 0 amide bonds. The predicted molar refractivity (Wildman–Crippen MR) is 78.5 cm³/mol. The topological polar surface area (TPSA) is 47.3 Å². The summed E-state index contributed by atoms with van der Waals surface area (Å²) in [4.78, 5) is 0. The van der Waals surface area contributed by atoms with Crippen LogP contribution in [0, 0.1) is 0 Å². The normalized spacial score (nSPS) is 11.7. The molecule has 1 aromatic rings. The van der Waals surface area contributed by atoms with Crippen LogP contribution in [0.3, 0.4) is 0 Å². The summed E-state index contributed by atoms with van der Waals surface area (Å²) in [5.41, 5.74) is 8.20. The molecular formula is C15H26N2O. The van der Waals surface area contributed by atoms with Gasteiger partial charge < -0.3 is 15.8 Å². The van der Waals surface area contributed by atoms with Crippen molar-refractivity contribution >= 4 is 5.69 Å². The Bertz CT molecular complexity index is 381. The first-order chi connectivity index (χ1) is 8.33. The summed E-state index contributed by atoms with van der Waals surface area (Å²) in [6, 6.07) is 6.23. The van der Waals surface area contributed by atoms with E-state index in [0.717, 1.165) is 24.4 Å². The Hall–Kier alpha value is -1.22. The fraction of sp³-hybridized carbons (Fsp3) is 0.600. The van der Waals surface area contributed by atoms with E-state index in [2.05, 4.69) is 25.2 Å². The van der Waals surface area contributed by atoms with Crippen molar-refractivity contribution in [3.8, 4) is 5.75 Å². The van der Waals surface area contributed by atoms with Crippen LogP contribution in [0.5, 0.6) is 5.75 Å². The first-order valence-corrected chi connectivity index (χ1v) is 6.54. The number of anilines is 1. The van der Waals surface area contributed by atoms with Crippen LogP contribution in [0.2, 0.25) is 0 Å². The van der Waals surface area contributed by atoms with E-state index in [1.165, 1.54) is 5.56 Å². The zero-order valence-electron chi connectivity index (χ0n) is 12.2. The second kappa shape index (κ2) is 6.10. The van der Waals surface area contributed by atoms with Gasteiger partial charge in [0.05, 0.1) is 7.11 Å². The largest absolute Gasteiger partial charge is 0.496 e. The number of nitrogens with one attached hydrogen (secondary N) is 1. The van der Waals surface area contributed by atoms with Gasteiger partial charge in [-0.15, -0.1) is 0 Å². The molecule has 0 atom stereocenters. The van der Waals surface area contributed by atoms with E-state index in [4.69, 9.17) is 10.5 Å². The summed E-state index contributed by atoms with van der Waals surface area (Å²) < 4.78 is 5.37. The van der Waals surface area contributed by atoms with Crippen molar-refractivity contribution in [2.24, 2.45) is 5.73 Å². The van der Waals surface area contributed by atoms with Gasteiger partial charge in [-0.3, -0.25) is 0 Å². The zero-order valence-corrected chi connectivity index (χ0v) is 12.2. The number of ether oxygens (including phenoxy) is 1. The average molecular weight is 250 g/mol. The Morgan fingerprint density at radius 2 is 2.00 bits per heavy atom. The fourth-order valence-corrected chi connectivity index (χ4v) is 1.82. The highest BCUT2D eigenvalue weighted by Gasteiger charge is 2.11. The van der Waals surface area contributed by atoms with Crippen molar-refractivity contribution in [1.82, 2.24) is 0 Å². The molecule has 0 saturated heterocycles. The monoisotopic (exact) mass is 250 g/mol. The molecule has 0 bridgehead atoms. The Labute approximate surface area is 111 Å². The van der Waals surface area contributed by atoms with Gasteiger partial charge in [0.2, 0.25) is 0 Å². The maximum absolute atomic E-state index is 5.96. The molecule has 3 nitrogen and oxygen atoms in total. The lowest BCUT2D eigenvalue weighted by Crippen LogP contribution is -2.34. The minimum absolute atomic E-state index is 0.125. The molecule has 0 aliphatic heterocycles. The van der Waals surface area contributed by atoms with Crippen LogP contribution >= 0.6 is 0 Å². The summed E-state index contributed by atoms with van der Waals surface area (Å²) in [5.74, 6) is 1.40. The van der Waals surface area contributed by atoms with Gasteiger partial charge in [-0.2, -0.15) is 0 Å². The minimum Gasteiger partial charge on any atom is -0.496 e. The van der Waals surface area contributed by atoms with Gasteiger partial charge in [-0.05, 0) is 49.9 Å². The Kier molecular flexibility index (Phi) is 5.03. The van der Waals surface area contributed by atoms with Crippen molar-refractivity contribution < 1.29 is 4.74 Å². The maximum atomic E-state index is 5.96. The summed E-state index contributed by atoms with van der Waals surface area (Å²) in [7, 11) is 1.71. The SMILES string of the molecule is COc1ccc(NCCC(C)(C)N)cc1C(C)C. The number of nitrogens with two attached hydrogens (primary N) is 1. The number of rotatable bonds is 6. The number of hydrogen-bond donors (Lipinski definition) is 2. The first kappa shape index (κ1) is 14.8. The van der Waals surface area contributed by atoms with Crippen LogP contribution in [-0.4, -0.2) is 19.2 Å². The molecule has 0 fully saturated rings. The van der Waals surface area contributed by atoms with E-state index in [0.29, 0.717) is 5.92 Å². The van der Waals surface area contributed by atoms with Crippen molar-refractivity contribution in [1.29, 1.82) is 0 Å². The smallest absolute Gasteiger partial charge is 0.122 e. The summed E-state index contributed by atoms with van der Waals surface area (Å²) in [6.45, 7) is 9.31. The van der Waals surface area contributed by atoms with Crippen LogP contribution in [0.25, 0.3) is 0 Å². The number of benzene rings is 1. The molecular weight excluding hydrogens is 224 g/mol. The lowest BCUT2D eigenvalue weighted by molar-refractivity contribution is 0.407. The Morgan fingerprint density at radius 3 is 2.50 bits per heavy atom. The van der Waals surface area contributed by atoms with Gasteiger partial charge in [0.15, 0.2) is 0 Å². The van der Waals surface area contributed by atoms with Crippen molar-refractivity contribution in [2.45, 2.75) is 45.6 Å². The highest BCUT2D eigenvalue weighted by Crippen LogP contribution is 2.29. The van der Waals surface area contributed by atoms with Crippen molar-refractivity contribution in [2.75, 3.05) is 19.0 Å². The molecule has 0 unspecified atom stereocenters. The highest BCUT2D eigenvalue weighted by molar-refractivity contribution is 5.52. The van der Waals surface area contributed by atoms with Gasteiger partial charge in [-0.1, -0.05) is 13.8 Å². The molecule has 3 N–H and O–H groups in total. The van der Waals surface area contributed by atoms with Crippen molar-refractivity contribution in [3.63, 3.8) is 0 Å². The predicted octanol–water partition coefficient (Wildman–Crippen LogP) is 3.36. The van der Waals surface area contributed by atoms with Crippen molar-refractivity contribution in [3.05, 3.63) is 23.8 Å². The summed E-state index contributed by atoms with van der Waals surface area (Å²) in [6.07, 6.45) is 0.941. The molecule has 3 heteroatoms. The molecule has 0 radical (unpaired) electrons. The van der Waals surface area contributed by atoms with Crippen LogP contribution in [-0.2, 0) is 0 Å². The van der Waals surface area contributed by atoms with E-state index >= 15 is 0 Å². The van der Waals surface area contributed by atoms with Crippen LogP contribution < -0.4 is 15.8 Å². The van der Waals surface area contributed by atoms with Crippen LogP contribution in [0.15, 0.2) is 18.2 Å². The third-order valence-corrected chi connectivity index (χ3v) is 2.95. The molecule has 0 saturated carbocycles. The number of hydrogen-bond acceptors (Lipinski definition) is 3. The van der Waals surface area contributed by atoms with E-state index in [9.17, 15) is 0 Å². The molecule has 0 heterocycles. The molecule has 0 spiro atoms. The number of methoxy groups -OCH3 is 1. The zero-order chi connectivity index (χ0) is 13.8. The highest BCUT2D eigenvalue weighted by atomic mass is 16.5. The van der Waals surface area contributed by atoms with Crippen LogP contribution in [0.1, 0.15) is 45.6 Å². The van der Waals surface area contributed by atoms with Gasteiger partial charge in [0.25, 0.3) is 0 Å². The van der Waals surface area contributed by atoms with E-state index in [1.807, 2.05) is 26.0 Å². The molecule has 1 aromatic carbocycles. The quantitative estimate of drug-likeness (QED) is 0.814. The van der Waals surface area contributed by atoms with E-state index in [-0.39, 0.29) is 5.54 Å². The summed E-state index contributed by atoms with van der Waals surface area (Å²) >= 11 is 0. The molecule has 0 aliphatic carbocycles. The second-order valence-corrected chi connectivity index (χ2v) is 5.78.